The summed E-state index contributed by atoms with van der Waals surface area (Å²) in [6.45, 7) is 4.12. The molecule has 0 aliphatic rings. The summed E-state index contributed by atoms with van der Waals surface area (Å²) >= 11 is 0. The lowest BCUT2D eigenvalue weighted by molar-refractivity contribution is 0.397. The fourth-order valence-electron chi connectivity index (χ4n) is 2.66. The highest BCUT2D eigenvalue weighted by Crippen LogP contribution is 2.28. The summed E-state index contributed by atoms with van der Waals surface area (Å²) in [6, 6.07) is 10.6. The topological polar surface area (TPSA) is 47.3 Å². The van der Waals surface area contributed by atoms with E-state index in [4.69, 9.17) is 10.6 Å². The van der Waals surface area contributed by atoms with Crippen LogP contribution in [0.15, 0.2) is 36.4 Å². The fourth-order valence-corrected chi connectivity index (χ4v) is 2.66. The Kier molecular flexibility index (Phi) is 4.94. The summed E-state index contributed by atoms with van der Waals surface area (Å²) in [4.78, 5) is 0. The summed E-state index contributed by atoms with van der Waals surface area (Å²) in [5.74, 6) is 6.00. The standard InChI is InChI=1S/C17H21FN2O/c1-11-6-12(2)8-13(7-11)9-16(20-19)15-10-14(18)4-5-17(15)21-3/h4-8,10,16,20H,9,19H2,1-3H3. The molecule has 0 saturated carbocycles. The first kappa shape index (κ1) is 15.5. The molecule has 21 heavy (non-hydrogen) atoms. The van der Waals surface area contributed by atoms with Gasteiger partial charge in [-0.05, 0) is 44.0 Å². The van der Waals surface area contributed by atoms with Crippen LogP contribution < -0.4 is 16.0 Å². The van der Waals surface area contributed by atoms with Crippen molar-refractivity contribution in [1.29, 1.82) is 0 Å². The van der Waals surface area contributed by atoms with E-state index < -0.39 is 0 Å². The lowest BCUT2D eigenvalue weighted by Crippen LogP contribution is -2.30. The molecular weight excluding hydrogens is 267 g/mol. The first-order chi connectivity index (χ1) is 10.0. The van der Waals surface area contributed by atoms with Gasteiger partial charge in [0, 0.05) is 5.56 Å². The van der Waals surface area contributed by atoms with Gasteiger partial charge in [0.15, 0.2) is 0 Å². The summed E-state index contributed by atoms with van der Waals surface area (Å²) in [7, 11) is 1.57. The van der Waals surface area contributed by atoms with Crippen LogP contribution in [0.2, 0.25) is 0 Å². The summed E-state index contributed by atoms with van der Waals surface area (Å²) < 4.78 is 18.8. The number of rotatable bonds is 5. The lowest BCUT2D eigenvalue weighted by Gasteiger charge is -2.20. The van der Waals surface area contributed by atoms with Gasteiger partial charge >= 0.3 is 0 Å². The van der Waals surface area contributed by atoms with Crippen LogP contribution in [0, 0.1) is 19.7 Å². The summed E-state index contributed by atoms with van der Waals surface area (Å²) in [6.07, 6.45) is 0.666. The van der Waals surface area contributed by atoms with Crippen molar-refractivity contribution in [2.75, 3.05) is 7.11 Å². The van der Waals surface area contributed by atoms with Crippen molar-refractivity contribution in [3.8, 4) is 5.75 Å². The van der Waals surface area contributed by atoms with Crippen molar-refractivity contribution in [2.45, 2.75) is 26.3 Å². The zero-order chi connectivity index (χ0) is 15.4. The molecular formula is C17H21FN2O. The maximum Gasteiger partial charge on any atom is 0.123 e. The normalized spacial score (nSPS) is 12.2. The van der Waals surface area contributed by atoms with Gasteiger partial charge in [0.2, 0.25) is 0 Å². The Balaban J connectivity index is 2.33. The average Bonchev–Trinajstić information content (AvgIpc) is 2.43. The Morgan fingerprint density at radius 2 is 1.81 bits per heavy atom. The molecule has 0 aliphatic carbocycles. The van der Waals surface area contributed by atoms with E-state index in [-0.39, 0.29) is 11.9 Å². The monoisotopic (exact) mass is 288 g/mol. The molecule has 1 unspecified atom stereocenters. The third-order valence-corrected chi connectivity index (χ3v) is 3.49. The number of hydrogen-bond donors (Lipinski definition) is 2. The minimum atomic E-state index is -0.300. The van der Waals surface area contributed by atoms with Gasteiger partial charge in [-0.15, -0.1) is 0 Å². The Bertz CT molecular complexity index is 608. The first-order valence-corrected chi connectivity index (χ1v) is 6.90. The van der Waals surface area contributed by atoms with Gasteiger partial charge in [0.05, 0.1) is 13.2 Å². The van der Waals surface area contributed by atoms with Crippen molar-refractivity contribution in [3.63, 3.8) is 0 Å². The highest BCUT2D eigenvalue weighted by Gasteiger charge is 2.16. The van der Waals surface area contributed by atoms with E-state index in [0.29, 0.717) is 12.2 Å². The molecule has 0 radical (unpaired) electrons. The van der Waals surface area contributed by atoms with E-state index >= 15 is 0 Å². The van der Waals surface area contributed by atoms with Gasteiger partial charge in [0.25, 0.3) is 0 Å². The number of hydrazine groups is 1. The molecule has 0 aliphatic heterocycles. The van der Waals surface area contributed by atoms with Gasteiger partial charge in [0.1, 0.15) is 11.6 Å². The van der Waals surface area contributed by atoms with Gasteiger partial charge in [-0.2, -0.15) is 0 Å². The molecule has 2 rings (SSSR count). The highest BCUT2D eigenvalue weighted by molar-refractivity contribution is 5.38. The van der Waals surface area contributed by atoms with Crippen molar-refractivity contribution < 1.29 is 9.13 Å². The van der Waals surface area contributed by atoms with Crippen molar-refractivity contribution in [3.05, 3.63) is 64.5 Å². The largest absolute Gasteiger partial charge is 0.496 e. The molecule has 0 amide bonds. The number of benzene rings is 2. The smallest absolute Gasteiger partial charge is 0.123 e. The molecule has 0 bridgehead atoms. The molecule has 0 fully saturated rings. The van der Waals surface area contributed by atoms with Crippen LogP contribution >= 0.6 is 0 Å². The van der Waals surface area contributed by atoms with Crippen LogP contribution in [0.4, 0.5) is 4.39 Å². The number of hydrogen-bond acceptors (Lipinski definition) is 3. The van der Waals surface area contributed by atoms with Crippen molar-refractivity contribution in [2.24, 2.45) is 5.84 Å². The van der Waals surface area contributed by atoms with Crippen LogP contribution in [-0.4, -0.2) is 7.11 Å². The van der Waals surface area contributed by atoms with Crippen LogP contribution in [0.5, 0.6) is 5.75 Å². The van der Waals surface area contributed by atoms with E-state index in [1.54, 1.807) is 13.2 Å². The summed E-state index contributed by atoms with van der Waals surface area (Å²) in [5, 5.41) is 0. The predicted molar refractivity (Wildman–Crippen MR) is 82.6 cm³/mol. The molecule has 2 aromatic rings. The number of nitrogens with two attached hydrogens (primary N) is 1. The second-order valence-electron chi connectivity index (χ2n) is 5.31. The second-order valence-corrected chi connectivity index (χ2v) is 5.31. The van der Waals surface area contributed by atoms with E-state index in [1.807, 2.05) is 0 Å². The van der Waals surface area contributed by atoms with Gasteiger partial charge < -0.3 is 4.74 Å². The average molecular weight is 288 g/mol. The van der Waals surface area contributed by atoms with Gasteiger partial charge in [-0.25, -0.2) is 4.39 Å². The highest BCUT2D eigenvalue weighted by atomic mass is 19.1. The Morgan fingerprint density at radius 1 is 1.14 bits per heavy atom. The van der Waals surface area contributed by atoms with Crippen LogP contribution in [0.3, 0.4) is 0 Å². The second kappa shape index (κ2) is 6.70. The lowest BCUT2D eigenvalue weighted by atomic mass is 9.96. The van der Waals surface area contributed by atoms with E-state index in [9.17, 15) is 4.39 Å². The summed E-state index contributed by atoms with van der Waals surface area (Å²) in [5.41, 5.74) is 7.04. The zero-order valence-corrected chi connectivity index (χ0v) is 12.6. The molecule has 0 aromatic heterocycles. The maximum absolute atomic E-state index is 13.5. The minimum absolute atomic E-state index is 0.211. The Hall–Kier alpha value is -1.91. The molecule has 0 saturated heterocycles. The van der Waals surface area contributed by atoms with E-state index in [0.717, 1.165) is 11.1 Å². The molecule has 0 heterocycles. The van der Waals surface area contributed by atoms with Crippen molar-refractivity contribution in [1.82, 2.24) is 5.43 Å². The molecule has 0 spiro atoms. The number of methoxy groups -OCH3 is 1. The molecule has 2 aromatic carbocycles. The van der Waals surface area contributed by atoms with Gasteiger partial charge in [-0.1, -0.05) is 29.3 Å². The van der Waals surface area contributed by atoms with Crippen LogP contribution in [-0.2, 0) is 6.42 Å². The minimum Gasteiger partial charge on any atom is -0.496 e. The molecule has 4 heteroatoms. The Morgan fingerprint density at radius 3 is 2.38 bits per heavy atom. The number of nitrogens with one attached hydrogen (secondary N) is 1. The van der Waals surface area contributed by atoms with Gasteiger partial charge in [-0.3, -0.25) is 11.3 Å². The number of halogens is 1. The number of aryl methyl sites for hydroxylation is 2. The molecule has 112 valence electrons. The molecule has 3 N–H and O–H groups in total. The number of ether oxygens (including phenoxy) is 1. The third kappa shape index (κ3) is 3.80. The molecule has 3 nitrogen and oxygen atoms in total. The van der Waals surface area contributed by atoms with Crippen LogP contribution in [0.1, 0.15) is 28.3 Å². The predicted octanol–water partition coefficient (Wildman–Crippen LogP) is 3.20. The first-order valence-electron chi connectivity index (χ1n) is 6.90. The van der Waals surface area contributed by atoms with Crippen molar-refractivity contribution >= 4 is 0 Å². The maximum atomic E-state index is 13.5. The Labute approximate surface area is 124 Å². The quantitative estimate of drug-likeness (QED) is 0.656. The third-order valence-electron chi connectivity index (χ3n) is 3.49. The SMILES string of the molecule is COc1ccc(F)cc1C(Cc1cc(C)cc(C)c1)NN. The zero-order valence-electron chi connectivity index (χ0n) is 12.6. The molecule has 1 atom stereocenters. The fraction of sp³-hybridized carbons (Fsp3) is 0.294. The van der Waals surface area contributed by atoms with E-state index in [2.05, 4.69) is 37.5 Å². The van der Waals surface area contributed by atoms with E-state index in [1.165, 1.54) is 23.3 Å². The van der Waals surface area contributed by atoms with Crippen LogP contribution in [0.25, 0.3) is 0 Å².